The van der Waals surface area contributed by atoms with Crippen molar-refractivity contribution in [1.29, 1.82) is 0 Å². The third kappa shape index (κ3) is 2.85. The molecule has 0 radical (unpaired) electrons. The zero-order valence-electron chi connectivity index (χ0n) is 15.6. The summed E-state index contributed by atoms with van der Waals surface area (Å²) < 4.78 is 5.27. The van der Waals surface area contributed by atoms with Gasteiger partial charge in [-0.05, 0) is 48.0 Å². The second kappa shape index (κ2) is 6.93. The number of hydroxylamine groups is 1. The van der Waals surface area contributed by atoms with Gasteiger partial charge in [-0.25, -0.2) is 5.06 Å². The molecule has 5 heteroatoms. The van der Waals surface area contributed by atoms with E-state index >= 15 is 0 Å². The zero-order chi connectivity index (χ0) is 18.9. The highest BCUT2D eigenvalue weighted by molar-refractivity contribution is 5.56. The predicted octanol–water partition coefficient (Wildman–Crippen LogP) is 4.56. The maximum absolute atomic E-state index is 6.34. The molecule has 0 spiro atoms. The molecule has 0 N–H and O–H groups in total. The molecule has 0 bridgehead atoms. The van der Waals surface area contributed by atoms with Gasteiger partial charge in [0.15, 0.2) is 5.76 Å². The van der Waals surface area contributed by atoms with Crippen LogP contribution in [-0.4, -0.2) is 18.6 Å². The summed E-state index contributed by atoms with van der Waals surface area (Å²) in [6.07, 6.45) is 5.85. The van der Waals surface area contributed by atoms with Crippen molar-refractivity contribution >= 4 is 11.4 Å². The molecule has 1 fully saturated rings. The quantitative estimate of drug-likeness (QED) is 0.672. The van der Waals surface area contributed by atoms with Gasteiger partial charge in [0.1, 0.15) is 11.8 Å². The van der Waals surface area contributed by atoms with Crippen molar-refractivity contribution in [3.05, 3.63) is 96.6 Å². The molecule has 5 nitrogen and oxygen atoms in total. The number of benzene rings is 2. The molecule has 2 aliphatic rings. The molecule has 2 aliphatic heterocycles. The summed E-state index contributed by atoms with van der Waals surface area (Å²) in [5, 5.41) is 2.01. The van der Waals surface area contributed by atoms with E-state index < -0.39 is 0 Å². The van der Waals surface area contributed by atoms with Crippen LogP contribution < -0.4 is 14.7 Å². The lowest BCUT2D eigenvalue weighted by Gasteiger charge is -2.28. The molecule has 2 unspecified atom stereocenters. The van der Waals surface area contributed by atoms with Gasteiger partial charge in [-0.3, -0.25) is 4.98 Å². The van der Waals surface area contributed by atoms with Crippen LogP contribution in [0.1, 0.15) is 11.6 Å². The smallest absolute Gasteiger partial charge is 0.155 e. The summed E-state index contributed by atoms with van der Waals surface area (Å²) in [6, 6.07) is 22.5. The summed E-state index contributed by atoms with van der Waals surface area (Å²) >= 11 is 0. The van der Waals surface area contributed by atoms with Gasteiger partial charge >= 0.3 is 0 Å². The molecule has 0 amide bonds. The molecular formula is C23H21N3O2. The molecule has 0 saturated carbocycles. The van der Waals surface area contributed by atoms with Crippen LogP contribution in [0.25, 0.3) is 0 Å². The number of para-hydroxylation sites is 1. The molecule has 1 saturated heterocycles. The number of fused-ring (bicyclic) bond motifs is 1. The van der Waals surface area contributed by atoms with Crippen molar-refractivity contribution in [3.63, 3.8) is 0 Å². The second-order valence-corrected chi connectivity index (χ2v) is 6.97. The average Bonchev–Trinajstić information content (AvgIpc) is 3.33. The fourth-order valence-corrected chi connectivity index (χ4v) is 3.94. The van der Waals surface area contributed by atoms with Gasteiger partial charge in [0.25, 0.3) is 0 Å². The Morgan fingerprint density at radius 3 is 2.50 bits per heavy atom. The maximum Gasteiger partial charge on any atom is 0.155 e. The van der Waals surface area contributed by atoms with E-state index in [4.69, 9.17) is 9.57 Å². The Labute approximate surface area is 164 Å². The number of aromatic nitrogens is 1. The van der Waals surface area contributed by atoms with Crippen LogP contribution in [-0.2, 0) is 4.84 Å². The molecule has 2 aromatic carbocycles. The summed E-state index contributed by atoms with van der Waals surface area (Å²) in [4.78, 5) is 12.9. The first kappa shape index (κ1) is 16.7. The van der Waals surface area contributed by atoms with E-state index in [0.29, 0.717) is 0 Å². The fraction of sp³-hybridized carbons (Fsp3) is 0.174. The Balaban J connectivity index is 1.49. The molecule has 2 atom stereocenters. The van der Waals surface area contributed by atoms with Crippen LogP contribution in [0.2, 0.25) is 0 Å². The summed E-state index contributed by atoms with van der Waals surface area (Å²) in [5.41, 5.74) is 3.32. The summed E-state index contributed by atoms with van der Waals surface area (Å²) in [5.74, 6) is 2.07. The highest BCUT2D eigenvalue weighted by Crippen LogP contribution is 2.47. The first-order valence-corrected chi connectivity index (χ1v) is 9.38. The lowest BCUT2D eigenvalue weighted by Crippen LogP contribution is -2.29. The number of nitrogens with zero attached hydrogens (tertiary/aromatic N) is 3. The highest BCUT2D eigenvalue weighted by atomic mass is 16.7. The second-order valence-electron chi connectivity index (χ2n) is 6.97. The largest absolute Gasteiger partial charge is 0.497 e. The Hall–Kier alpha value is -3.47. The van der Waals surface area contributed by atoms with Crippen LogP contribution in [0.15, 0.2) is 91.1 Å². The fourth-order valence-electron chi connectivity index (χ4n) is 3.94. The standard InChI is InChI=1S/C23H21N3O2/c1-27-20-11-9-18(10-12-20)25-15-21-22(16-25)28-26(19-7-3-2-4-8-19)23(21)17-6-5-13-24-14-17/h2-14,16,21,23H,15H2,1H3. The van der Waals surface area contributed by atoms with Crippen molar-refractivity contribution in [2.45, 2.75) is 6.04 Å². The van der Waals surface area contributed by atoms with Gasteiger partial charge in [0.2, 0.25) is 0 Å². The molecule has 3 heterocycles. The molecule has 28 heavy (non-hydrogen) atoms. The lowest BCUT2D eigenvalue weighted by atomic mass is 9.94. The topological polar surface area (TPSA) is 37.8 Å². The number of rotatable bonds is 4. The number of anilines is 2. The van der Waals surface area contributed by atoms with E-state index in [0.717, 1.165) is 35.0 Å². The first-order valence-electron chi connectivity index (χ1n) is 9.38. The van der Waals surface area contributed by atoms with Crippen LogP contribution in [0.3, 0.4) is 0 Å². The Bertz CT molecular complexity index is 974. The van der Waals surface area contributed by atoms with Crippen molar-refractivity contribution in [1.82, 2.24) is 4.98 Å². The van der Waals surface area contributed by atoms with E-state index in [9.17, 15) is 0 Å². The third-order valence-corrected chi connectivity index (χ3v) is 5.32. The zero-order valence-corrected chi connectivity index (χ0v) is 15.6. The van der Waals surface area contributed by atoms with Crippen LogP contribution >= 0.6 is 0 Å². The van der Waals surface area contributed by atoms with Crippen molar-refractivity contribution in [2.24, 2.45) is 5.92 Å². The minimum atomic E-state index is 0.0746. The Kier molecular flexibility index (Phi) is 4.13. The van der Waals surface area contributed by atoms with Crippen molar-refractivity contribution in [3.8, 4) is 5.75 Å². The maximum atomic E-state index is 6.34. The van der Waals surface area contributed by atoms with Gasteiger partial charge in [0.05, 0.1) is 18.7 Å². The normalized spacial score (nSPS) is 20.5. The van der Waals surface area contributed by atoms with E-state index in [-0.39, 0.29) is 12.0 Å². The molecule has 0 aliphatic carbocycles. The predicted molar refractivity (Wildman–Crippen MR) is 109 cm³/mol. The average molecular weight is 371 g/mol. The van der Waals surface area contributed by atoms with Gasteiger partial charge in [-0.1, -0.05) is 24.3 Å². The van der Waals surface area contributed by atoms with Gasteiger partial charge in [-0.15, -0.1) is 0 Å². The number of ether oxygens (including phenoxy) is 1. The molecule has 140 valence electrons. The van der Waals surface area contributed by atoms with Crippen LogP contribution in [0, 0.1) is 5.92 Å². The first-order chi connectivity index (χ1) is 13.8. The number of pyridine rings is 1. The third-order valence-electron chi connectivity index (χ3n) is 5.32. The van der Waals surface area contributed by atoms with E-state index in [1.807, 2.05) is 47.7 Å². The van der Waals surface area contributed by atoms with Gasteiger partial charge < -0.3 is 14.5 Å². The number of methoxy groups -OCH3 is 1. The van der Waals surface area contributed by atoms with Crippen molar-refractivity contribution in [2.75, 3.05) is 23.6 Å². The Morgan fingerprint density at radius 1 is 0.964 bits per heavy atom. The molecule has 5 rings (SSSR count). The van der Waals surface area contributed by atoms with E-state index in [1.165, 1.54) is 0 Å². The van der Waals surface area contributed by atoms with Crippen LogP contribution in [0.5, 0.6) is 5.75 Å². The minimum Gasteiger partial charge on any atom is -0.497 e. The molecular weight excluding hydrogens is 350 g/mol. The van der Waals surface area contributed by atoms with Crippen LogP contribution in [0.4, 0.5) is 11.4 Å². The molecule has 3 aromatic rings. The Morgan fingerprint density at radius 2 is 1.79 bits per heavy atom. The highest BCUT2D eigenvalue weighted by Gasteiger charge is 2.46. The van der Waals surface area contributed by atoms with Gasteiger partial charge in [0, 0.05) is 30.8 Å². The van der Waals surface area contributed by atoms with Crippen molar-refractivity contribution < 1.29 is 9.57 Å². The SMILES string of the molecule is COc1ccc(N2C=C3ON(c4ccccc4)C(c4cccnc4)C3C2)cc1. The van der Waals surface area contributed by atoms with Gasteiger partial charge in [-0.2, -0.15) is 0 Å². The monoisotopic (exact) mass is 371 g/mol. The minimum absolute atomic E-state index is 0.0746. The lowest BCUT2D eigenvalue weighted by molar-refractivity contribution is 0.213. The van der Waals surface area contributed by atoms with E-state index in [1.54, 1.807) is 13.3 Å². The summed E-state index contributed by atoms with van der Waals surface area (Å²) in [7, 11) is 1.68. The molecule has 1 aromatic heterocycles. The number of hydrogen-bond donors (Lipinski definition) is 0. The summed E-state index contributed by atoms with van der Waals surface area (Å²) in [6.45, 7) is 0.852. The number of hydrogen-bond acceptors (Lipinski definition) is 5. The van der Waals surface area contributed by atoms with E-state index in [2.05, 4.69) is 46.4 Å².